The summed E-state index contributed by atoms with van der Waals surface area (Å²) in [5.74, 6) is -0.797. The lowest BCUT2D eigenvalue weighted by Crippen LogP contribution is -2.30. The molecular formula is C24H20N4O3. The molecule has 0 spiro atoms. The van der Waals surface area contributed by atoms with Gasteiger partial charge in [-0.25, -0.2) is 0 Å². The number of rotatable bonds is 5. The molecule has 0 saturated heterocycles. The van der Waals surface area contributed by atoms with Crippen LogP contribution in [0, 0.1) is 6.92 Å². The van der Waals surface area contributed by atoms with Crippen LogP contribution in [-0.4, -0.2) is 31.1 Å². The van der Waals surface area contributed by atoms with E-state index in [2.05, 4.69) is 15.0 Å². The molecule has 0 unspecified atom stereocenters. The number of hydrogen-bond donors (Lipinski definition) is 2. The quantitative estimate of drug-likeness (QED) is 0.512. The number of carbonyl (C=O) groups excluding carboxylic acids is 1. The molecule has 7 nitrogen and oxygen atoms in total. The molecule has 7 heteroatoms. The number of carbonyl (C=O) groups is 1. The Morgan fingerprint density at radius 2 is 1.74 bits per heavy atom. The van der Waals surface area contributed by atoms with Gasteiger partial charge < -0.3 is 15.1 Å². The lowest BCUT2D eigenvalue weighted by Gasteiger charge is -2.24. The highest BCUT2D eigenvalue weighted by Crippen LogP contribution is 2.29. The first kappa shape index (κ1) is 20.0. The van der Waals surface area contributed by atoms with Gasteiger partial charge in [0.25, 0.3) is 5.91 Å². The summed E-state index contributed by atoms with van der Waals surface area (Å²) < 4.78 is 0. The van der Waals surface area contributed by atoms with Crippen molar-refractivity contribution in [3.05, 3.63) is 96.2 Å². The minimum absolute atomic E-state index is 0.0931. The lowest BCUT2D eigenvalue weighted by atomic mass is 10.1. The average molecular weight is 412 g/mol. The third-order valence-electron chi connectivity index (χ3n) is 4.85. The molecule has 4 aromatic rings. The number of aryl methyl sites for hydroxylation is 1. The van der Waals surface area contributed by atoms with Gasteiger partial charge >= 0.3 is 0 Å². The second-order valence-corrected chi connectivity index (χ2v) is 6.99. The largest absolute Gasteiger partial charge is 0.508 e. The van der Waals surface area contributed by atoms with E-state index in [0.29, 0.717) is 5.69 Å². The monoisotopic (exact) mass is 412 g/mol. The second-order valence-electron chi connectivity index (χ2n) is 6.99. The lowest BCUT2D eigenvalue weighted by molar-refractivity contribution is 0.0982. The van der Waals surface area contributed by atoms with Crippen molar-refractivity contribution in [2.75, 3.05) is 4.90 Å². The number of phenols is 2. The van der Waals surface area contributed by atoms with Gasteiger partial charge in [-0.05, 0) is 42.8 Å². The standard InChI is InChI=1S/C24H20N4O3/c1-16-23(27-12-11-26-16)18-4-6-19(7-5-18)28(15-17-3-2-10-25-14-17)24(31)21-9-8-20(29)13-22(21)30/h2-14,29-30H,15H2,1H3. The maximum absolute atomic E-state index is 13.3. The van der Waals surface area contributed by atoms with E-state index in [4.69, 9.17) is 0 Å². The Morgan fingerprint density at radius 1 is 0.968 bits per heavy atom. The molecule has 2 heterocycles. The molecule has 154 valence electrons. The summed E-state index contributed by atoms with van der Waals surface area (Å²) in [6.07, 6.45) is 6.64. The van der Waals surface area contributed by atoms with Gasteiger partial charge in [0.2, 0.25) is 0 Å². The Labute approximate surface area is 179 Å². The minimum Gasteiger partial charge on any atom is -0.508 e. The van der Waals surface area contributed by atoms with Crippen molar-refractivity contribution >= 4 is 11.6 Å². The van der Waals surface area contributed by atoms with Crippen molar-refractivity contribution in [1.82, 2.24) is 15.0 Å². The molecule has 1 amide bonds. The van der Waals surface area contributed by atoms with Crippen LogP contribution in [-0.2, 0) is 6.54 Å². The Hall–Kier alpha value is -4.26. The first-order valence-corrected chi connectivity index (χ1v) is 9.64. The predicted octanol–water partition coefficient (Wildman–Crippen LogP) is 4.11. The van der Waals surface area contributed by atoms with Gasteiger partial charge in [-0.15, -0.1) is 0 Å². The summed E-state index contributed by atoms with van der Waals surface area (Å²) in [4.78, 5) is 27.7. The van der Waals surface area contributed by atoms with E-state index >= 15 is 0 Å². The summed E-state index contributed by atoms with van der Waals surface area (Å²) >= 11 is 0. The highest BCUT2D eigenvalue weighted by molar-refractivity contribution is 6.08. The Kier molecular flexibility index (Phi) is 5.57. The third kappa shape index (κ3) is 4.35. The second kappa shape index (κ2) is 8.62. The molecule has 0 atom stereocenters. The van der Waals surface area contributed by atoms with E-state index in [0.717, 1.165) is 28.6 Å². The highest BCUT2D eigenvalue weighted by atomic mass is 16.3. The van der Waals surface area contributed by atoms with E-state index in [-0.39, 0.29) is 23.6 Å². The van der Waals surface area contributed by atoms with Crippen molar-refractivity contribution in [2.24, 2.45) is 0 Å². The first-order valence-electron chi connectivity index (χ1n) is 9.64. The number of nitrogens with zero attached hydrogens (tertiary/aromatic N) is 4. The molecule has 31 heavy (non-hydrogen) atoms. The van der Waals surface area contributed by atoms with Crippen LogP contribution in [0.1, 0.15) is 21.6 Å². The summed E-state index contributed by atoms with van der Waals surface area (Å²) in [6, 6.07) is 15.0. The minimum atomic E-state index is -0.398. The average Bonchev–Trinajstić information content (AvgIpc) is 2.78. The van der Waals surface area contributed by atoms with Gasteiger partial charge in [-0.2, -0.15) is 0 Å². The Balaban J connectivity index is 1.72. The van der Waals surface area contributed by atoms with Crippen molar-refractivity contribution in [1.29, 1.82) is 0 Å². The smallest absolute Gasteiger partial charge is 0.262 e. The van der Waals surface area contributed by atoms with Crippen LogP contribution in [0.25, 0.3) is 11.3 Å². The zero-order chi connectivity index (χ0) is 21.8. The zero-order valence-corrected chi connectivity index (χ0v) is 16.8. The van der Waals surface area contributed by atoms with Gasteiger partial charge in [0, 0.05) is 42.1 Å². The van der Waals surface area contributed by atoms with Crippen molar-refractivity contribution in [2.45, 2.75) is 13.5 Å². The topological polar surface area (TPSA) is 99.4 Å². The highest BCUT2D eigenvalue weighted by Gasteiger charge is 2.22. The van der Waals surface area contributed by atoms with Crippen LogP contribution < -0.4 is 4.90 Å². The van der Waals surface area contributed by atoms with E-state index < -0.39 is 5.91 Å². The van der Waals surface area contributed by atoms with Gasteiger partial charge in [0.15, 0.2) is 0 Å². The molecule has 0 radical (unpaired) electrons. The van der Waals surface area contributed by atoms with Gasteiger partial charge in [-0.3, -0.25) is 19.7 Å². The van der Waals surface area contributed by atoms with Crippen LogP contribution >= 0.6 is 0 Å². The molecule has 0 saturated carbocycles. The molecule has 2 aromatic carbocycles. The predicted molar refractivity (Wildman–Crippen MR) is 117 cm³/mol. The number of aromatic hydroxyl groups is 2. The van der Waals surface area contributed by atoms with Gasteiger partial charge in [-0.1, -0.05) is 18.2 Å². The van der Waals surface area contributed by atoms with Crippen molar-refractivity contribution < 1.29 is 15.0 Å². The molecule has 4 rings (SSSR count). The number of aromatic nitrogens is 3. The maximum atomic E-state index is 13.3. The fraction of sp³-hybridized carbons (Fsp3) is 0.0833. The molecule has 2 N–H and O–H groups in total. The van der Waals surface area contributed by atoms with Crippen LogP contribution in [0.3, 0.4) is 0 Å². The molecule has 0 aliphatic carbocycles. The summed E-state index contributed by atoms with van der Waals surface area (Å²) in [7, 11) is 0. The summed E-state index contributed by atoms with van der Waals surface area (Å²) in [5, 5.41) is 19.8. The number of hydrogen-bond acceptors (Lipinski definition) is 6. The van der Waals surface area contributed by atoms with Crippen LogP contribution in [0.2, 0.25) is 0 Å². The summed E-state index contributed by atoms with van der Waals surface area (Å²) in [5.41, 5.74) is 4.05. The molecule has 0 fully saturated rings. The molecule has 0 bridgehead atoms. The molecule has 0 aliphatic rings. The van der Waals surface area contributed by atoms with E-state index in [1.807, 2.05) is 37.3 Å². The fourth-order valence-corrected chi connectivity index (χ4v) is 3.29. The number of pyridine rings is 1. The van der Waals surface area contributed by atoms with Crippen molar-refractivity contribution in [3.63, 3.8) is 0 Å². The molecule has 0 aliphatic heterocycles. The van der Waals surface area contributed by atoms with Crippen LogP contribution in [0.5, 0.6) is 11.5 Å². The summed E-state index contributed by atoms with van der Waals surface area (Å²) in [6.45, 7) is 2.15. The Bertz CT molecular complexity index is 1210. The normalized spacial score (nSPS) is 10.6. The number of benzene rings is 2. The Morgan fingerprint density at radius 3 is 2.42 bits per heavy atom. The van der Waals surface area contributed by atoms with Gasteiger partial charge in [0.05, 0.1) is 23.5 Å². The fourth-order valence-electron chi connectivity index (χ4n) is 3.29. The zero-order valence-electron chi connectivity index (χ0n) is 16.8. The molecular weight excluding hydrogens is 392 g/mol. The van der Waals surface area contributed by atoms with Crippen LogP contribution in [0.15, 0.2) is 79.4 Å². The SMILES string of the molecule is Cc1nccnc1-c1ccc(N(Cc2cccnc2)C(=O)c2ccc(O)cc2O)cc1. The van der Waals surface area contributed by atoms with Crippen LogP contribution in [0.4, 0.5) is 5.69 Å². The number of amides is 1. The number of phenolic OH excluding ortho intramolecular Hbond substituents is 2. The maximum Gasteiger partial charge on any atom is 0.262 e. The first-order chi connectivity index (χ1) is 15.0. The van der Waals surface area contributed by atoms with E-state index in [1.165, 1.54) is 12.1 Å². The third-order valence-corrected chi connectivity index (χ3v) is 4.85. The van der Waals surface area contributed by atoms with Crippen molar-refractivity contribution in [3.8, 4) is 22.8 Å². The van der Waals surface area contributed by atoms with E-state index in [1.54, 1.807) is 35.8 Å². The number of anilines is 1. The molecule has 2 aromatic heterocycles. The van der Waals surface area contributed by atoms with Gasteiger partial charge in [0.1, 0.15) is 11.5 Å². The van der Waals surface area contributed by atoms with E-state index in [9.17, 15) is 15.0 Å².